The van der Waals surface area contributed by atoms with Gasteiger partial charge in [-0.15, -0.1) is 0 Å². The zero-order valence-electron chi connectivity index (χ0n) is 19.1. The lowest BCUT2D eigenvalue weighted by atomic mass is 9.93. The monoisotopic (exact) mass is 468 g/mol. The summed E-state index contributed by atoms with van der Waals surface area (Å²) in [5.74, 6) is -0.653. The number of nitrogens with two attached hydrogens (primary N) is 1. The lowest BCUT2D eigenvalue weighted by Gasteiger charge is -2.26. The van der Waals surface area contributed by atoms with Crippen molar-refractivity contribution in [2.24, 2.45) is 5.73 Å². The summed E-state index contributed by atoms with van der Waals surface area (Å²) in [6, 6.07) is 22.4. The zero-order chi connectivity index (χ0) is 24.5. The van der Waals surface area contributed by atoms with E-state index in [-0.39, 0.29) is 19.0 Å². The summed E-state index contributed by atoms with van der Waals surface area (Å²) < 4.78 is 5.44. The quantitative estimate of drug-likeness (QED) is 0.386. The first-order valence-corrected chi connectivity index (χ1v) is 11.2. The van der Waals surface area contributed by atoms with Gasteiger partial charge in [0.1, 0.15) is 12.3 Å². The van der Waals surface area contributed by atoms with Crippen molar-refractivity contribution in [2.45, 2.75) is 6.04 Å². The number of fused-ring (bicyclic) bond motifs is 2. The number of rotatable bonds is 7. The second kappa shape index (κ2) is 8.98. The molecule has 176 valence electrons. The molecule has 35 heavy (non-hydrogen) atoms. The Morgan fingerprint density at radius 2 is 1.83 bits per heavy atom. The van der Waals surface area contributed by atoms with Crippen LogP contribution in [0.2, 0.25) is 0 Å². The average Bonchev–Trinajstić information content (AvgIpc) is 3.38. The minimum Gasteiger partial charge on any atom is -0.497 e. The smallest absolute Gasteiger partial charge is 0.255 e. The third-order valence-corrected chi connectivity index (χ3v) is 6.21. The fraction of sp³-hybridized carbons (Fsp3) is 0.148. The third kappa shape index (κ3) is 3.99. The number of primary amides is 1. The van der Waals surface area contributed by atoms with Gasteiger partial charge >= 0.3 is 0 Å². The zero-order valence-corrected chi connectivity index (χ0v) is 19.1. The van der Waals surface area contributed by atoms with Crippen LogP contribution in [0.1, 0.15) is 27.5 Å². The molecule has 0 fully saturated rings. The van der Waals surface area contributed by atoms with Crippen LogP contribution in [0.4, 0.5) is 0 Å². The number of ether oxygens (including phenoxy) is 1. The fourth-order valence-corrected chi connectivity index (χ4v) is 4.69. The van der Waals surface area contributed by atoms with Crippen LogP contribution in [-0.2, 0) is 9.59 Å². The molecule has 4 N–H and O–H groups in total. The van der Waals surface area contributed by atoms with Crippen LogP contribution in [-0.4, -0.2) is 47.8 Å². The van der Waals surface area contributed by atoms with Crippen LogP contribution >= 0.6 is 0 Å². The number of nitrogens with zero attached hydrogens (tertiary/aromatic N) is 1. The van der Waals surface area contributed by atoms with Gasteiger partial charge in [0.15, 0.2) is 0 Å². The molecule has 0 spiro atoms. The molecule has 2 heterocycles. The maximum absolute atomic E-state index is 13.5. The molecule has 0 aliphatic carbocycles. The van der Waals surface area contributed by atoms with E-state index in [2.05, 4.69) is 10.3 Å². The molecule has 0 saturated heterocycles. The van der Waals surface area contributed by atoms with Crippen molar-refractivity contribution in [3.8, 4) is 17.0 Å². The van der Waals surface area contributed by atoms with E-state index in [9.17, 15) is 14.4 Å². The lowest BCUT2D eigenvalue weighted by Crippen LogP contribution is -2.42. The van der Waals surface area contributed by atoms with Crippen molar-refractivity contribution in [3.63, 3.8) is 0 Å². The van der Waals surface area contributed by atoms with Gasteiger partial charge in [-0.25, -0.2) is 0 Å². The number of methoxy groups -OCH3 is 1. The molecule has 8 nitrogen and oxygen atoms in total. The topological polar surface area (TPSA) is 118 Å². The number of para-hydroxylation sites is 1. The van der Waals surface area contributed by atoms with Crippen LogP contribution in [0, 0.1) is 0 Å². The van der Waals surface area contributed by atoms with Gasteiger partial charge in [-0.05, 0) is 29.8 Å². The number of aromatic nitrogens is 1. The highest BCUT2D eigenvalue weighted by molar-refractivity contribution is 6.03. The molecule has 1 atom stereocenters. The Morgan fingerprint density at radius 1 is 1.06 bits per heavy atom. The Bertz CT molecular complexity index is 1460. The minimum absolute atomic E-state index is 0.220. The van der Waals surface area contributed by atoms with Gasteiger partial charge in [0.05, 0.1) is 25.4 Å². The highest BCUT2D eigenvalue weighted by Gasteiger charge is 2.41. The van der Waals surface area contributed by atoms with Gasteiger partial charge < -0.3 is 25.7 Å². The van der Waals surface area contributed by atoms with E-state index in [1.54, 1.807) is 18.1 Å². The van der Waals surface area contributed by atoms with E-state index in [1.165, 1.54) is 0 Å². The number of aromatic amines is 1. The predicted octanol–water partition coefficient (Wildman–Crippen LogP) is 2.99. The largest absolute Gasteiger partial charge is 0.497 e. The molecule has 0 saturated carbocycles. The number of benzene rings is 3. The third-order valence-electron chi connectivity index (χ3n) is 6.21. The SMILES string of the molecule is COc1cccc(-c2[nH]c3ccccc3c2[C@H]2c3ccccc3C(=O)N2CC(=O)NCC(N)=O)c1. The summed E-state index contributed by atoms with van der Waals surface area (Å²) >= 11 is 0. The standard InChI is InChI=1S/C27H24N4O4/c1-35-17-8-6-7-16(13-17)25-24(20-11-4-5-12-21(20)30-25)26-18-9-2-3-10-19(18)27(34)31(26)15-23(33)29-14-22(28)32/h2-13,26,30H,14-15H2,1H3,(H2,28,32)(H,29,33)/t26-/m1/s1. The molecule has 1 aliphatic rings. The second-order valence-corrected chi connectivity index (χ2v) is 8.36. The van der Waals surface area contributed by atoms with Crippen molar-refractivity contribution >= 4 is 28.6 Å². The van der Waals surface area contributed by atoms with Crippen molar-refractivity contribution in [1.82, 2.24) is 15.2 Å². The number of amides is 3. The van der Waals surface area contributed by atoms with Gasteiger partial charge in [0.25, 0.3) is 5.91 Å². The van der Waals surface area contributed by atoms with Gasteiger partial charge in [0, 0.05) is 27.6 Å². The number of hydrogen-bond donors (Lipinski definition) is 3. The molecule has 1 aromatic heterocycles. The van der Waals surface area contributed by atoms with Crippen molar-refractivity contribution in [2.75, 3.05) is 20.2 Å². The molecule has 3 amide bonds. The van der Waals surface area contributed by atoms with Gasteiger partial charge in [-0.3, -0.25) is 14.4 Å². The molecule has 1 aliphatic heterocycles. The number of carbonyl (C=O) groups excluding carboxylic acids is 3. The molecule has 3 aromatic carbocycles. The average molecular weight is 469 g/mol. The molecule has 4 aromatic rings. The summed E-state index contributed by atoms with van der Waals surface area (Å²) in [4.78, 5) is 42.4. The molecular formula is C27H24N4O4. The number of nitrogens with one attached hydrogen (secondary N) is 2. The molecule has 0 bridgehead atoms. The predicted molar refractivity (Wildman–Crippen MR) is 132 cm³/mol. The van der Waals surface area contributed by atoms with Crippen LogP contribution in [0.3, 0.4) is 0 Å². The van der Waals surface area contributed by atoms with Crippen LogP contribution in [0.25, 0.3) is 22.2 Å². The summed E-state index contributed by atoms with van der Waals surface area (Å²) in [6.07, 6.45) is 0. The van der Waals surface area contributed by atoms with Gasteiger partial charge in [0.2, 0.25) is 11.8 Å². The highest BCUT2D eigenvalue weighted by Crippen LogP contribution is 2.45. The number of hydrogen-bond acceptors (Lipinski definition) is 4. The van der Waals surface area contributed by atoms with Crippen molar-refractivity contribution < 1.29 is 19.1 Å². The maximum Gasteiger partial charge on any atom is 0.255 e. The second-order valence-electron chi connectivity index (χ2n) is 8.36. The summed E-state index contributed by atoms with van der Waals surface area (Å²) in [5.41, 5.74) is 10.1. The van der Waals surface area contributed by atoms with Crippen molar-refractivity contribution in [3.05, 3.63) is 89.5 Å². The molecule has 0 radical (unpaired) electrons. The summed E-state index contributed by atoms with van der Waals surface area (Å²) in [5, 5.41) is 3.44. The van der Waals surface area contributed by atoms with E-state index < -0.39 is 17.9 Å². The molecular weight excluding hydrogens is 444 g/mol. The van der Waals surface area contributed by atoms with Gasteiger partial charge in [-0.2, -0.15) is 0 Å². The highest BCUT2D eigenvalue weighted by atomic mass is 16.5. The summed E-state index contributed by atoms with van der Waals surface area (Å²) in [7, 11) is 1.61. The van der Waals surface area contributed by atoms with Crippen molar-refractivity contribution in [1.29, 1.82) is 0 Å². The Labute approximate surface area is 201 Å². The fourth-order valence-electron chi connectivity index (χ4n) is 4.69. The lowest BCUT2D eigenvalue weighted by molar-refractivity contribution is -0.125. The van der Waals surface area contributed by atoms with Crippen LogP contribution in [0.5, 0.6) is 5.75 Å². The Morgan fingerprint density at radius 3 is 2.63 bits per heavy atom. The minimum atomic E-state index is -0.650. The normalized spacial score (nSPS) is 14.7. The first-order chi connectivity index (χ1) is 17.0. The Balaban J connectivity index is 1.69. The summed E-state index contributed by atoms with van der Waals surface area (Å²) in [6.45, 7) is -0.511. The van der Waals surface area contributed by atoms with Crippen LogP contribution < -0.4 is 15.8 Å². The molecule has 0 unspecified atom stereocenters. The first kappa shape index (κ1) is 22.2. The Hall–Kier alpha value is -4.59. The number of H-pyrrole nitrogens is 1. The van der Waals surface area contributed by atoms with E-state index in [0.717, 1.165) is 33.3 Å². The Kier molecular flexibility index (Phi) is 5.70. The van der Waals surface area contributed by atoms with Gasteiger partial charge in [-0.1, -0.05) is 48.5 Å². The van der Waals surface area contributed by atoms with Crippen LogP contribution in [0.15, 0.2) is 72.8 Å². The van der Waals surface area contributed by atoms with E-state index >= 15 is 0 Å². The van der Waals surface area contributed by atoms with E-state index in [0.29, 0.717) is 11.3 Å². The van der Waals surface area contributed by atoms with E-state index in [1.807, 2.05) is 66.7 Å². The molecule has 5 rings (SSSR count). The first-order valence-electron chi connectivity index (χ1n) is 11.2. The maximum atomic E-state index is 13.5. The van der Waals surface area contributed by atoms with E-state index in [4.69, 9.17) is 10.5 Å². The number of carbonyl (C=O) groups is 3. The molecule has 8 heteroatoms.